The first kappa shape index (κ1) is 28.7. The number of hydrogen-bond acceptors (Lipinski definition) is 6. The molecule has 4 aromatic rings. The molecule has 0 spiro atoms. The molecule has 8 heteroatoms. The average molecular weight is 565 g/mol. The van der Waals surface area contributed by atoms with Gasteiger partial charge in [0.25, 0.3) is 11.8 Å². The maximum Gasteiger partial charge on any atom is 0.255 e. The third-order valence-corrected chi connectivity index (χ3v) is 7.39. The second kappa shape index (κ2) is 13.7. The Morgan fingerprint density at radius 3 is 2.05 bits per heavy atom. The highest BCUT2D eigenvalue weighted by Gasteiger charge is 2.24. The van der Waals surface area contributed by atoms with Gasteiger partial charge in [-0.1, -0.05) is 54.6 Å². The lowest BCUT2D eigenvalue weighted by Crippen LogP contribution is -2.47. The molecule has 0 atom stereocenters. The summed E-state index contributed by atoms with van der Waals surface area (Å²) >= 11 is 0. The van der Waals surface area contributed by atoms with Gasteiger partial charge < -0.3 is 29.9 Å². The van der Waals surface area contributed by atoms with Crippen LogP contribution >= 0.6 is 0 Å². The zero-order valence-electron chi connectivity index (χ0n) is 24.0. The molecule has 4 aromatic carbocycles. The summed E-state index contributed by atoms with van der Waals surface area (Å²) in [4.78, 5) is 30.9. The second-order valence-electron chi connectivity index (χ2n) is 10.0. The quantitative estimate of drug-likeness (QED) is 0.254. The zero-order valence-corrected chi connectivity index (χ0v) is 24.0. The largest absolute Gasteiger partial charge is 0.495 e. The van der Waals surface area contributed by atoms with E-state index in [0.29, 0.717) is 30.0 Å². The number of carbonyl (C=O) groups excluding carboxylic acids is 2. The number of para-hydroxylation sites is 2. The van der Waals surface area contributed by atoms with E-state index in [4.69, 9.17) is 9.47 Å². The predicted octanol–water partition coefficient (Wildman–Crippen LogP) is 5.32. The van der Waals surface area contributed by atoms with E-state index in [1.54, 1.807) is 20.3 Å². The van der Waals surface area contributed by atoms with Crippen LogP contribution < -0.4 is 25.2 Å². The molecular weight excluding hydrogens is 528 g/mol. The third kappa shape index (κ3) is 6.72. The normalized spacial score (nSPS) is 13.0. The van der Waals surface area contributed by atoms with Gasteiger partial charge in [0.1, 0.15) is 5.75 Å². The fourth-order valence-corrected chi connectivity index (χ4v) is 5.16. The molecule has 216 valence electrons. The molecule has 1 fully saturated rings. The Morgan fingerprint density at radius 1 is 0.714 bits per heavy atom. The summed E-state index contributed by atoms with van der Waals surface area (Å²) in [7, 11) is 3.28. The van der Waals surface area contributed by atoms with Gasteiger partial charge in [0.15, 0.2) is 0 Å². The topological polar surface area (TPSA) is 83.1 Å². The Kier molecular flexibility index (Phi) is 9.36. The van der Waals surface area contributed by atoms with E-state index in [2.05, 4.69) is 26.5 Å². The molecule has 0 saturated carbocycles. The Balaban J connectivity index is 1.32. The molecular formula is C34H36N4O4. The number of rotatable bonds is 10. The van der Waals surface area contributed by atoms with Crippen LogP contribution in [0.2, 0.25) is 0 Å². The summed E-state index contributed by atoms with van der Waals surface area (Å²) in [5.41, 5.74) is 5.62. The number of anilines is 3. The maximum atomic E-state index is 13.3. The first-order valence-electron chi connectivity index (χ1n) is 14.1. The van der Waals surface area contributed by atoms with Gasteiger partial charge in [-0.15, -0.1) is 0 Å². The number of amides is 2. The number of carbonyl (C=O) groups is 2. The van der Waals surface area contributed by atoms with Crippen LogP contribution in [0.25, 0.3) is 11.1 Å². The van der Waals surface area contributed by atoms with Crippen LogP contribution in [0.15, 0.2) is 97.1 Å². The summed E-state index contributed by atoms with van der Waals surface area (Å²) in [5.74, 6) is 0.398. The standard InChI is InChI=1S/C34H36N4O4/c1-41-23-18-35-34(40)29-24-28(36-33(39)27-14-12-26(13-15-27)25-8-4-3-5-9-25)16-17-30(29)37-19-21-38(22-20-37)31-10-6-7-11-32(31)42-2/h3-17,24H,18-23H2,1-2H3,(H,35,40)(H,36,39). The van der Waals surface area contributed by atoms with Gasteiger partial charge in [0.2, 0.25) is 0 Å². The van der Waals surface area contributed by atoms with Crippen LogP contribution in [0.1, 0.15) is 20.7 Å². The van der Waals surface area contributed by atoms with Gasteiger partial charge in [-0.3, -0.25) is 9.59 Å². The molecule has 2 N–H and O–H groups in total. The SMILES string of the molecule is COCCNC(=O)c1cc(NC(=O)c2ccc(-c3ccccc3)cc2)ccc1N1CCN(c2ccccc2OC)CC1. The van der Waals surface area contributed by atoms with Crippen LogP contribution in [0.3, 0.4) is 0 Å². The van der Waals surface area contributed by atoms with Crippen molar-refractivity contribution in [2.45, 2.75) is 0 Å². The van der Waals surface area contributed by atoms with E-state index in [1.165, 1.54) is 0 Å². The Bertz CT molecular complexity index is 1500. The Labute approximate surface area is 246 Å². The molecule has 0 bridgehead atoms. The predicted molar refractivity (Wildman–Crippen MR) is 168 cm³/mol. The highest BCUT2D eigenvalue weighted by molar-refractivity contribution is 6.06. The molecule has 1 saturated heterocycles. The van der Waals surface area contributed by atoms with Crippen molar-refractivity contribution in [3.63, 3.8) is 0 Å². The molecule has 2 amide bonds. The average Bonchev–Trinajstić information content (AvgIpc) is 3.05. The van der Waals surface area contributed by atoms with Gasteiger partial charge >= 0.3 is 0 Å². The molecule has 5 rings (SSSR count). The van der Waals surface area contributed by atoms with Crippen molar-refractivity contribution < 1.29 is 19.1 Å². The van der Waals surface area contributed by atoms with E-state index < -0.39 is 0 Å². The van der Waals surface area contributed by atoms with Crippen LogP contribution in [0.4, 0.5) is 17.1 Å². The Morgan fingerprint density at radius 2 is 1.36 bits per heavy atom. The van der Waals surface area contributed by atoms with Gasteiger partial charge in [-0.25, -0.2) is 0 Å². The molecule has 42 heavy (non-hydrogen) atoms. The molecule has 8 nitrogen and oxygen atoms in total. The highest BCUT2D eigenvalue weighted by atomic mass is 16.5. The van der Waals surface area contributed by atoms with Crippen molar-refractivity contribution in [3.8, 4) is 16.9 Å². The molecule has 1 aliphatic heterocycles. The lowest BCUT2D eigenvalue weighted by Gasteiger charge is -2.38. The van der Waals surface area contributed by atoms with Crippen LogP contribution in [-0.2, 0) is 4.74 Å². The molecule has 1 aliphatic rings. The molecule has 0 unspecified atom stereocenters. The van der Waals surface area contributed by atoms with Crippen LogP contribution in [0.5, 0.6) is 5.75 Å². The molecule has 0 aliphatic carbocycles. The summed E-state index contributed by atoms with van der Waals surface area (Å²) in [6.07, 6.45) is 0. The van der Waals surface area contributed by atoms with Crippen molar-refractivity contribution in [1.82, 2.24) is 5.32 Å². The molecule has 0 radical (unpaired) electrons. The monoisotopic (exact) mass is 564 g/mol. The number of benzene rings is 4. The number of methoxy groups -OCH3 is 2. The van der Waals surface area contributed by atoms with Crippen molar-refractivity contribution in [3.05, 3.63) is 108 Å². The number of ether oxygens (including phenoxy) is 2. The first-order chi connectivity index (χ1) is 20.6. The maximum absolute atomic E-state index is 13.3. The molecule has 1 heterocycles. The summed E-state index contributed by atoms with van der Waals surface area (Å²) < 4.78 is 10.7. The minimum absolute atomic E-state index is 0.211. The van der Waals surface area contributed by atoms with Gasteiger partial charge in [0, 0.05) is 56.8 Å². The number of piperazine rings is 1. The zero-order chi connectivity index (χ0) is 29.3. The van der Waals surface area contributed by atoms with Crippen molar-refractivity contribution in [2.24, 2.45) is 0 Å². The summed E-state index contributed by atoms with van der Waals surface area (Å²) in [5, 5.41) is 5.90. The van der Waals surface area contributed by atoms with Gasteiger partial charge in [-0.05, 0) is 53.6 Å². The van der Waals surface area contributed by atoms with Crippen molar-refractivity contribution >= 4 is 28.9 Å². The van der Waals surface area contributed by atoms with Gasteiger partial charge in [0.05, 0.1) is 25.0 Å². The van der Waals surface area contributed by atoms with Crippen molar-refractivity contribution in [2.75, 3.05) is 68.7 Å². The smallest absolute Gasteiger partial charge is 0.255 e. The third-order valence-electron chi connectivity index (χ3n) is 7.39. The minimum atomic E-state index is -0.237. The van der Waals surface area contributed by atoms with E-state index in [-0.39, 0.29) is 11.8 Å². The summed E-state index contributed by atoms with van der Waals surface area (Å²) in [6.45, 7) is 3.83. The lowest BCUT2D eigenvalue weighted by molar-refractivity contribution is 0.0936. The Hall–Kier alpha value is -4.82. The fraction of sp³-hybridized carbons (Fsp3) is 0.235. The number of nitrogens with one attached hydrogen (secondary N) is 2. The van der Waals surface area contributed by atoms with Crippen LogP contribution in [-0.4, -0.2) is 65.4 Å². The highest BCUT2D eigenvalue weighted by Crippen LogP contribution is 2.31. The van der Waals surface area contributed by atoms with Gasteiger partial charge in [-0.2, -0.15) is 0 Å². The van der Waals surface area contributed by atoms with E-state index in [1.807, 2.05) is 84.9 Å². The second-order valence-corrected chi connectivity index (χ2v) is 10.0. The van der Waals surface area contributed by atoms with E-state index in [9.17, 15) is 9.59 Å². The lowest BCUT2D eigenvalue weighted by atomic mass is 10.0. The van der Waals surface area contributed by atoms with E-state index in [0.717, 1.165) is 54.4 Å². The molecule has 0 aromatic heterocycles. The number of nitrogens with zero attached hydrogens (tertiary/aromatic N) is 2. The fourth-order valence-electron chi connectivity index (χ4n) is 5.16. The first-order valence-corrected chi connectivity index (χ1v) is 14.1. The minimum Gasteiger partial charge on any atom is -0.495 e. The number of hydrogen-bond donors (Lipinski definition) is 2. The van der Waals surface area contributed by atoms with Crippen LogP contribution in [0, 0.1) is 0 Å². The summed E-state index contributed by atoms with van der Waals surface area (Å²) in [6, 6.07) is 31.0. The van der Waals surface area contributed by atoms with E-state index >= 15 is 0 Å². The van der Waals surface area contributed by atoms with Crippen molar-refractivity contribution in [1.29, 1.82) is 0 Å².